The molecule has 0 saturated carbocycles. The number of ether oxygens (including phenoxy) is 1. The van der Waals surface area contributed by atoms with E-state index >= 15 is 0 Å². The van der Waals surface area contributed by atoms with Gasteiger partial charge in [0.05, 0.1) is 0 Å². The molecule has 0 aromatic heterocycles. The van der Waals surface area contributed by atoms with E-state index in [4.69, 9.17) is 16.3 Å². The average Bonchev–Trinajstić information content (AvgIpc) is 2.32. The second-order valence-electron chi connectivity index (χ2n) is 3.44. The number of halogens is 3. The largest absolute Gasteiger partial charge is 0.457 e. The summed E-state index contributed by atoms with van der Waals surface area (Å²) in [6.07, 6.45) is 0. The molecule has 0 saturated heterocycles. The van der Waals surface area contributed by atoms with Gasteiger partial charge >= 0.3 is 0 Å². The molecular formula is C13H9BrClFO. The minimum Gasteiger partial charge on any atom is -0.457 e. The van der Waals surface area contributed by atoms with E-state index in [1.807, 2.05) is 18.2 Å². The first-order valence-electron chi connectivity index (χ1n) is 4.97. The lowest BCUT2D eigenvalue weighted by Crippen LogP contribution is -1.87. The SMILES string of the molecule is Fc1ccc(Oc2ccc(CCl)c(Br)c2)cc1. The van der Waals surface area contributed by atoms with Crippen LogP contribution in [0, 0.1) is 5.82 Å². The molecule has 0 aliphatic heterocycles. The van der Waals surface area contributed by atoms with Crippen molar-refractivity contribution in [3.63, 3.8) is 0 Å². The molecule has 0 heterocycles. The van der Waals surface area contributed by atoms with Crippen molar-refractivity contribution in [2.24, 2.45) is 0 Å². The molecule has 0 aliphatic rings. The summed E-state index contributed by atoms with van der Waals surface area (Å²) in [5.41, 5.74) is 0.998. The molecule has 0 aliphatic carbocycles. The smallest absolute Gasteiger partial charge is 0.128 e. The topological polar surface area (TPSA) is 9.23 Å². The Morgan fingerprint density at radius 1 is 1.06 bits per heavy atom. The van der Waals surface area contributed by atoms with E-state index in [9.17, 15) is 4.39 Å². The van der Waals surface area contributed by atoms with Gasteiger partial charge in [-0.25, -0.2) is 4.39 Å². The van der Waals surface area contributed by atoms with Gasteiger partial charge in [-0.3, -0.25) is 0 Å². The molecule has 88 valence electrons. The van der Waals surface area contributed by atoms with Crippen molar-refractivity contribution in [3.8, 4) is 11.5 Å². The highest BCUT2D eigenvalue weighted by Gasteiger charge is 2.02. The van der Waals surface area contributed by atoms with Crippen LogP contribution >= 0.6 is 27.5 Å². The standard InChI is InChI=1S/C13H9BrClFO/c14-13-7-12(4-1-9(13)8-15)17-11-5-2-10(16)3-6-11/h1-7H,8H2. The Morgan fingerprint density at radius 2 is 1.71 bits per heavy atom. The summed E-state index contributed by atoms with van der Waals surface area (Å²) in [6, 6.07) is 11.4. The molecule has 0 amide bonds. The van der Waals surface area contributed by atoms with Crippen LogP contribution in [0.1, 0.15) is 5.56 Å². The summed E-state index contributed by atoms with van der Waals surface area (Å²) in [7, 11) is 0. The van der Waals surface area contributed by atoms with Gasteiger partial charge in [-0.15, -0.1) is 11.6 Å². The van der Waals surface area contributed by atoms with Gasteiger partial charge in [0, 0.05) is 10.4 Å². The van der Waals surface area contributed by atoms with E-state index < -0.39 is 0 Å². The number of benzene rings is 2. The third kappa shape index (κ3) is 3.20. The Kier molecular flexibility index (Phi) is 4.02. The fraction of sp³-hybridized carbons (Fsp3) is 0.0769. The Labute approximate surface area is 112 Å². The van der Waals surface area contributed by atoms with Crippen molar-refractivity contribution in [3.05, 3.63) is 58.3 Å². The lowest BCUT2D eigenvalue weighted by Gasteiger charge is -2.07. The fourth-order valence-electron chi connectivity index (χ4n) is 1.34. The van der Waals surface area contributed by atoms with Gasteiger partial charge in [0.2, 0.25) is 0 Å². The monoisotopic (exact) mass is 314 g/mol. The molecule has 2 rings (SSSR count). The molecule has 1 nitrogen and oxygen atoms in total. The molecular weight excluding hydrogens is 306 g/mol. The number of rotatable bonds is 3. The van der Waals surface area contributed by atoms with Crippen LogP contribution < -0.4 is 4.74 Å². The molecule has 0 N–H and O–H groups in total. The van der Waals surface area contributed by atoms with Crippen LogP contribution in [0.4, 0.5) is 4.39 Å². The van der Waals surface area contributed by atoms with E-state index in [1.54, 1.807) is 12.1 Å². The first kappa shape index (κ1) is 12.4. The summed E-state index contributed by atoms with van der Waals surface area (Å²) >= 11 is 9.16. The highest BCUT2D eigenvalue weighted by Crippen LogP contribution is 2.27. The summed E-state index contributed by atoms with van der Waals surface area (Å²) in [4.78, 5) is 0. The van der Waals surface area contributed by atoms with Gasteiger partial charge in [-0.1, -0.05) is 22.0 Å². The molecule has 0 atom stereocenters. The molecule has 0 radical (unpaired) electrons. The summed E-state index contributed by atoms with van der Waals surface area (Å²) in [6.45, 7) is 0. The maximum absolute atomic E-state index is 12.7. The Morgan fingerprint density at radius 3 is 2.29 bits per heavy atom. The third-order valence-corrected chi connectivity index (χ3v) is 3.24. The van der Waals surface area contributed by atoms with Crippen LogP contribution in [0.2, 0.25) is 0 Å². The number of alkyl halides is 1. The van der Waals surface area contributed by atoms with E-state index in [0.717, 1.165) is 10.0 Å². The summed E-state index contributed by atoms with van der Waals surface area (Å²) in [5, 5.41) is 0. The van der Waals surface area contributed by atoms with Crippen molar-refractivity contribution >= 4 is 27.5 Å². The van der Waals surface area contributed by atoms with Crippen LogP contribution in [0.3, 0.4) is 0 Å². The quantitative estimate of drug-likeness (QED) is 0.714. The van der Waals surface area contributed by atoms with Crippen LogP contribution in [0.25, 0.3) is 0 Å². The molecule has 0 bridgehead atoms. The van der Waals surface area contributed by atoms with Crippen molar-refractivity contribution in [1.29, 1.82) is 0 Å². The lowest BCUT2D eigenvalue weighted by molar-refractivity contribution is 0.480. The van der Waals surface area contributed by atoms with Crippen molar-refractivity contribution in [2.45, 2.75) is 5.88 Å². The molecule has 0 spiro atoms. The molecule has 0 unspecified atom stereocenters. The van der Waals surface area contributed by atoms with Crippen LogP contribution in [0.5, 0.6) is 11.5 Å². The Hall–Kier alpha value is -1.06. The number of hydrogen-bond acceptors (Lipinski definition) is 1. The normalized spacial score (nSPS) is 10.3. The highest BCUT2D eigenvalue weighted by molar-refractivity contribution is 9.10. The first-order valence-corrected chi connectivity index (χ1v) is 6.29. The molecule has 0 fully saturated rings. The molecule has 2 aromatic carbocycles. The van der Waals surface area contributed by atoms with E-state index in [0.29, 0.717) is 17.4 Å². The van der Waals surface area contributed by atoms with Gasteiger partial charge in [0.15, 0.2) is 0 Å². The minimum atomic E-state index is -0.281. The minimum absolute atomic E-state index is 0.281. The predicted octanol–water partition coefficient (Wildman–Crippen LogP) is 5.12. The molecule has 17 heavy (non-hydrogen) atoms. The fourth-order valence-corrected chi connectivity index (χ4v) is 2.23. The molecule has 2 aromatic rings. The van der Waals surface area contributed by atoms with Crippen LogP contribution in [-0.4, -0.2) is 0 Å². The average molecular weight is 316 g/mol. The van der Waals surface area contributed by atoms with E-state index in [2.05, 4.69) is 15.9 Å². The Balaban J connectivity index is 2.19. The predicted molar refractivity (Wildman–Crippen MR) is 70.2 cm³/mol. The third-order valence-electron chi connectivity index (χ3n) is 2.22. The lowest BCUT2D eigenvalue weighted by atomic mass is 10.2. The number of hydrogen-bond donors (Lipinski definition) is 0. The maximum atomic E-state index is 12.7. The zero-order valence-corrected chi connectivity index (χ0v) is 11.1. The van der Waals surface area contributed by atoms with Gasteiger partial charge in [-0.2, -0.15) is 0 Å². The van der Waals surface area contributed by atoms with Gasteiger partial charge in [-0.05, 0) is 42.0 Å². The zero-order valence-electron chi connectivity index (χ0n) is 8.79. The van der Waals surface area contributed by atoms with Crippen molar-refractivity contribution < 1.29 is 9.13 Å². The second-order valence-corrected chi connectivity index (χ2v) is 4.56. The maximum Gasteiger partial charge on any atom is 0.128 e. The summed E-state index contributed by atoms with van der Waals surface area (Å²) in [5.74, 6) is 1.43. The summed E-state index contributed by atoms with van der Waals surface area (Å²) < 4.78 is 19.2. The van der Waals surface area contributed by atoms with Crippen LogP contribution in [-0.2, 0) is 5.88 Å². The van der Waals surface area contributed by atoms with Crippen LogP contribution in [0.15, 0.2) is 46.9 Å². The van der Waals surface area contributed by atoms with E-state index in [-0.39, 0.29) is 5.82 Å². The zero-order chi connectivity index (χ0) is 12.3. The second kappa shape index (κ2) is 5.52. The van der Waals surface area contributed by atoms with Crippen molar-refractivity contribution in [2.75, 3.05) is 0 Å². The van der Waals surface area contributed by atoms with E-state index in [1.165, 1.54) is 12.1 Å². The van der Waals surface area contributed by atoms with Gasteiger partial charge in [0.1, 0.15) is 17.3 Å². The Bertz CT molecular complexity index is 513. The van der Waals surface area contributed by atoms with Gasteiger partial charge in [0.25, 0.3) is 0 Å². The first-order chi connectivity index (χ1) is 8.19. The van der Waals surface area contributed by atoms with Crippen molar-refractivity contribution in [1.82, 2.24) is 0 Å². The molecule has 4 heteroatoms. The highest BCUT2D eigenvalue weighted by atomic mass is 79.9. The van der Waals surface area contributed by atoms with Gasteiger partial charge < -0.3 is 4.74 Å².